The van der Waals surface area contributed by atoms with E-state index in [0.29, 0.717) is 35.3 Å². The predicted octanol–water partition coefficient (Wildman–Crippen LogP) is 6.18. The van der Waals surface area contributed by atoms with Crippen LogP contribution >= 0.6 is 11.6 Å². The average Bonchev–Trinajstić information content (AvgIpc) is 2.98. The standard InChI is InChI=1S/C31H31ClN4O2/c32-25-16-14-23(15-17-25)28-26(21-34-31(35-28)33-19-18-22-9-3-1-4-10-22)30(38)36-20-8-7-13-27(36)29(37)24-11-5-2-6-12-24/h1-6,9-12,14-17,21,27,29,37H,7-8,13,18-20H2,(H,33,34,35). The van der Waals surface area contributed by atoms with Crippen molar-refractivity contribution in [3.05, 3.63) is 113 Å². The first-order valence-electron chi connectivity index (χ1n) is 13.0. The molecule has 0 radical (unpaired) electrons. The lowest BCUT2D eigenvalue weighted by molar-refractivity contribution is 0.0212. The number of aromatic nitrogens is 2. The van der Waals surface area contributed by atoms with Crippen LogP contribution in [-0.4, -0.2) is 45.0 Å². The maximum Gasteiger partial charge on any atom is 0.258 e. The van der Waals surface area contributed by atoms with Crippen LogP contribution < -0.4 is 5.32 Å². The van der Waals surface area contributed by atoms with E-state index in [1.54, 1.807) is 23.2 Å². The van der Waals surface area contributed by atoms with Gasteiger partial charge >= 0.3 is 0 Å². The molecule has 1 aliphatic rings. The van der Waals surface area contributed by atoms with Gasteiger partial charge in [0.05, 0.1) is 23.4 Å². The SMILES string of the molecule is O=C(c1cnc(NCCc2ccccc2)nc1-c1ccc(Cl)cc1)N1CCCCC1C(O)c1ccccc1. The highest BCUT2D eigenvalue weighted by atomic mass is 35.5. The summed E-state index contributed by atoms with van der Waals surface area (Å²) in [6.45, 7) is 1.24. The van der Waals surface area contributed by atoms with Gasteiger partial charge in [-0.3, -0.25) is 4.79 Å². The second kappa shape index (κ2) is 12.2. The summed E-state index contributed by atoms with van der Waals surface area (Å²) in [7, 11) is 0. The highest BCUT2D eigenvalue weighted by Gasteiger charge is 2.34. The maximum atomic E-state index is 14.0. The van der Waals surface area contributed by atoms with E-state index in [-0.39, 0.29) is 11.9 Å². The van der Waals surface area contributed by atoms with E-state index >= 15 is 0 Å². The molecule has 7 heteroatoms. The van der Waals surface area contributed by atoms with Gasteiger partial charge in [0, 0.05) is 29.9 Å². The molecule has 4 aromatic rings. The van der Waals surface area contributed by atoms with Gasteiger partial charge in [0.2, 0.25) is 5.95 Å². The Hall–Kier alpha value is -3.74. The number of aliphatic hydroxyl groups is 1. The maximum absolute atomic E-state index is 14.0. The highest BCUT2D eigenvalue weighted by Crippen LogP contribution is 2.32. The summed E-state index contributed by atoms with van der Waals surface area (Å²) in [4.78, 5) is 25.1. The van der Waals surface area contributed by atoms with E-state index in [4.69, 9.17) is 16.6 Å². The molecule has 1 fully saturated rings. The molecule has 1 saturated heterocycles. The molecule has 2 N–H and O–H groups in total. The first-order valence-corrected chi connectivity index (χ1v) is 13.4. The van der Waals surface area contributed by atoms with Gasteiger partial charge in [-0.25, -0.2) is 9.97 Å². The fourth-order valence-electron chi connectivity index (χ4n) is 4.98. The number of hydrogen-bond acceptors (Lipinski definition) is 5. The summed E-state index contributed by atoms with van der Waals surface area (Å²) >= 11 is 6.15. The van der Waals surface area contributed by atoms with E-state index in [9.17, 15) is 9.90 Å². The number of amides is 1. The number of aliphatic hydroxyl groups excluding tert-OH is 1. The molecule has 0 saturated carbocycles. The predicted molar refractivity (Wildman–Crippen MR) is 151 cm³/mol. The Kier molecular flexibility index (Phi) is 8.31. The summed E-state index contributed by atoms with van der Waals surface area (Å²) in [5.41, 5.74) is 3.76. The van der Waals surface area contributed by atoms with Gasteiger partial charge in [-0.15, -0.1) is 0 Å². The summed E-state index contributed by atoms with van der Waals surface area (Å²) in [6.07, 6.45) is 4.25. The van der Waals surface area contributed by atoms with Crippen molar-refractivity contribution in [3.63, 3.8) is 0 Å². The van der Waals surface area contributed by atoms with Gasteiger partial charge in [0.1, 0.15) is 0 Å². The quantitative estimate of drug-likeness (QED) is 0.286. The van der Waals surface area contributed by atoms with E-state index in [0.717, 1.165) is 36.8 Å². The number of benzene rings is 3. The first kappa shape index (κ1) is 25.9. The monoisotopic (exact) mass is 526 g/mol. The fraction of sp³-hybridized carbons (Fsp3) is 0.258. The third-order valence-corrected chi connectivity index (χ3v) is 7.24. The van der Waals surface area contributed by atoms with Crippen LogP contribution in [0.15, 0.2) is 91.1 Å². The van der Waals surface area contributed by atoms with E-state index < -0.39 is 6.10 Å². The number of piperidine rings is 1. The zero-order valence-corrected chi connectivity index (χ0v) is 21.9. The molecule has 6 nitrogen and oxygen atoms in total. The summed E-state index contributed by atoms with van der Waals surface area (Å²) < 4.78 is 0. The zero-order chi connectivity index (χ0) is 26.3. The normalized spacial score (nSPS) is 16.2. The highest BCUT2D eigenvalue weighted by molar-refractivity contribution is 6.30. The smallest absolute Gasteiger partial charge is 0.258 e. The van der Waals surface area contributed by atoms with Crippen molar-refractivity contribution in [1.29, 1.82) is 0 Å². The van der Waals surface area contributed by atoms with Crippen LogP contribution in [0.25, 0.3) is 11.3 Å². The van der Waals surface area contributed by atoms with E-state index in [1.807, 2.05) is 60.7 Å². The molecule has 1 aromatic heterocycles. The Balaban J connectivity index is 1.43. The van der Waals surface area contributed by atoms with Crippen molar-refractivity contribution < 1.29 is 9.90 Å². The summed E-state index contributed by atoms with van der Waals surface area (Å²) in [5, 5.41) is 15.1. The fourth-order valence-corrected chi connectivity index (χ4v) is 5.11. The molecule has 2 atom stereocenters. The number of likely N-dealkylation sites (tertiary alicyclic amines) is 1. The second-order valence-electron chi connectivity index (χ2n) is 9.54. The topological polar surface area (TPSA) is 78.4 Å². The zero-order valence-electron chi connectivity index (χ0n) is 21.1. The molecule has 1 aliphatic heterocycles. The number of halogens is 1. The summed E-state index contributed by atoms with van der Waals surface area (Å²) in [5.74, 6) is 0.285. The lowest BCUT2D eigenvalue weighted by Gasteiger charge is -2.39. The van der Waals surface area contributed by atoms with Crippen molar-refractivity contribution in [1.82, 2.24) is 14.9 Å². The van der Waals surface area contributed by atoms with Gasteiger partial charge in [-0.05, 0) is 48.9 Å². The molecule has 38 heavy (non-hydrogen) atoms. The number of carbonyl (C=O) groups is 1. The minimum absolute atomic E-state index is 0.175. The van der Waals surface area contributed by atoms with Crippen molar-refractivity contribution in [3.8, 4) is 11.3 Å². The second-order valence-corrected chi connectivity index (χ2v) is 9.98. The number of nitrogens with one attached hydrogen (secondary N) is 1. The van der Waals surface area contributed by atoms with Crippen LogP contribution in [0.4, 0.5) is 5.95 Å². The summed E-state index contributed by atoms with van der Waals surface area (Å²) in [6, 6.07) is 26.7. The van der Waals surface area contributed by atoms with Gasteiger partial charge in [-0.1, -0.05) is 84.4 Å². The van der Waals surface area contributed by atoms with Crippen molar-refractivity contribution in [2.24, 2.45) is 0 Å². The number of rotatable bonds is 8. The van der Waals surface area contributed by atoms with Crippen LogP contribution in [0.2, 0.25) is 5.02 Å². The van der Waals surface area contributed by atoms with Crippen molar-refractivity contribution >= 4 is 23.5 Å². The van der Waals surface area contributed by atoms with Crippen LogP contribution in [-0.2, 0) is 6.42 Å². The molecule has 2 unspecified atom stereocenters. The number of carbonyl (C=O) groups excluding carboxylic acids is 1. The van der Waals surface area contributed by atoms with Crippen molar-refractivity contribution in [2.75, 3.05) is 18.4 Å². The van der Waals surface area contributed by atoms with E-state index in [1.165, 1.54) is 5.56 Å². The van der Waals surface area contributed by atoms with Crippen LogP contribution in [0.1, 0.15) is 46.9 Å². The molecule has 1 amide bonds. The number of anilines is 1. The Bertz CT molecular complexity index is 1350. The largest absolute Gasteiger partial charge is 0.386 e. The molecule has 2 heterocycles. The van der Waals surface area contributed by atoms with E-state index in [2.05, 4.69) is 22.4 Å². The minimum atomic E-state index is -0.765. The van der Waals surface area contributed by atoms with Crippen molar-refractivity contribution in [2.45, 2.75) is 37.8 Å². The number of hydrogen-bond donors (Lipinski definition) is 2. The molecule has 194 valence electrons. The van der Waals surface area contributed by atoms with Crippen LogP contribution in [0.5, 0.6) is 0 Å². The number of nitrogens with zero attached hydrogens (tertiary/aromatic N) is 3. The van der Waals surface area contributed by atoms with Crippen LogP contribution in [0.3, 0.4) is 0 Å². The lowest BCUT2D eigenvalue weighted by atomic mass is 9.92. The van der Waals surface area contributed by atoms with Crippen LogP contribution in [0, 0.1) is 0 Å². The van der Waals surface area contributed by atoms with Gasteiger partial charge in [0.15, 0.2) is 0 Å². The molecule has 0 aliphatic carbocycles. The minimum Gasteiger partial charge on any atom is -0.386 e. The molecule has 5 rings (SSSR count). The van der Waals surface area contributed by atoms with Gasteiger partial charge in [0.25, 0.3) is 5.91 Å². The third kappa shape index (κ3) is 6.04. The molecule has 0 spiro atoms. The Labute approximate surface area is 228 Å². The average molecular weight is 527 g/mol. The molecule has 0 bridgehead atoms. The van der Waals surface area contributed by atoms with Gasteiger partial charge < -0.3 is 15.3 Å². The molecular formula is C31H31ClN4O2. The third-order valence-electron chi connectivity index (χ3n) is 6.99. The lowest BCUT2D eigenvalue weighted by Crippen LogP contribution is -2.47. The molecule has 3 aromatic carbocycles. The molecular weight excluding hydrogens is 496 g/mol. The Morgan fingerprint density at radius 3 is 2.45 bits per heavy atom. The Morgan fingerprint density at radius 2 is 1.71 bits per heavy atom. The van der Waals surface area contributed by atoms with Gasteiger partial charge in [-0.2, -0.15) is 0 Å². The Morgan fingerprint density at radius 1 is 1.00 bits per heavy atom. The first-order chi connectivity index (χ1) is 18.6.